The number of aromatic nitrogens is 1. The predicted octanol–water partition coefficient (Wildman–Crippen LogP) is 2.30. The van der Waals surface area contributed by atoms with Crippen LogP contribution >= 0.6 is 0 Å². The van der Waals surface area contributed by atoms with Crippen molar-refractivity contribution >= 4 is 10.1 Å². The molecule has 6 heteroatoms. The molecule has 1 aromatic carbocycles. The second kappa shape index (κ2) is 5.55. The standard InChI is InChI=1S/C15H15NO4S/c1-21(17,18)20-10-15-13-4-2-3-12(14(13)9-19-15)11-5-7-16-8-6-11/h2-8,15H,9-10H2,1H3. The van der Waals surface area contributed by atoms with Crippen molar-refractivity contribution in [2.24, 2.45) is 0 Å². The number of benzene rings is 1. The third kappa shape index (κ3) is 3.12. The smallest absolute Gasteiger partial charge is 0.264 e. The summed E-state index contributed by atoms with van der Waals surface area (Å²) in [6.07, 6.45) is 4.18. The van der Waals surface area contributed by atoms with Crippen molar-refractivity contribution in [3.8, 4) is 11.1 Å². The number of rotatable bonds is 4. The van der Waals surface area contributed by atoms with Gasteiger partial charge in [0.05, 0.1) is 19.5 Å². The number of pyridine rings is 1. The van der Waals surface area contributed by atoms with Crippen LogP contribution in [0, 0.1) is 0 Å². The monoisotopic (exact) mass is 305 g/mol. The molecule has 21 heavy (non-hydrogen) atoms. The van der Waals surface area contributed by atoms with E-state index in [0.29, 0.717) is 6.61 Å². The van der Waals surface area contributed by atoms with E-state index in [4.69, 9.17) is 8.92 Å². The lowest BCUT2D eigenvalue weighted by atomic mass is 9.96. The molecule has 0 radical (unpaired) electrons. The third-order valence-corrected chi connectivity index (χ3v) is 3.98. The maximum Gasteiger partial charge on any atom is 0.264 e. The zero-order chi connectivity index (χ0) is 14.9. The zero-order valence-electron chi connectivity index (χ0n) is 11.5. The molecule has 0 aliphatic carbocycles. The minimum atomic E-state index is -3.46. The van der Waals surface area contributed by atoms with Gasteiger partial charge in [-0.15, -0.1) is 0 Å². The number of nitrogens with zero attached hydrogens (tertiary/aromatic N) is 1. The molecule has 0 N–H and O–H groups in total. The molecule has 1 aliphatic heterocycles. The molecule has 2 heterocycles. The molecule has 3 rings (SSSR count). The average Bonchev–Trinajstić information content (AvgIpc) is 2.88. The molecule has 0 saturated heterocycles. The van der Waals surface area contributed by atoms with Crippen LogP contribution in [-0.4, -0.2) is 26.3 Å². The molecule has 0 fully saturated rings. The van der Waals surface area contributed by atoms with Gasteiger partial charge in [-0.2, -0.15) is 8.42 Å². The SMILES string of the molecule is CS(=O)(=O)OCC1OCc2c(-c3ccncc3)cccc21. The summed E-state index contributed by atoms with van der Waals surface area (Å²) in [7, 11) is -3.46. The minimum absolute atomic E-state index is 0.00559. The van der Waals surface area contributed by atoms with Gasteiger partial charge in [0, 0.05) is 12.4 Å². The third-order valence-electron chi connectivity index (χ3n) is 3.41. The lowest BCUT2D eigenvalue weighted by Crippen LogP contribution is -2.11. The molecular formula is C15H15NO4S. The van der Waals surface area contributed by atoms with Crippen LogP contribution in [0.2, 0.25) is 0 Å². The second-order valence-electron chi connectivity index (χ2n) is 4.90. The number of ether oxygens (including phenoxy) is 1. The maximum atomic E-state index is 11.1. The minimum Gasteiger partial charge on any atom is -0.366 e. The Balaban J connectivity index is 1.91. The van der Waals surface area contributed by atoms with Gasteiger partial charge in [0.1, 0.15) is 6.10 Å². The molecule has 0 saturated carbocycles. The van der Waals surface area contributed by atoms with Crippen molar-refractivity contribution < 1.29 is 17.3 Å². The fourth-order valence-corrected chi connectivity index (χ4v) is 2.84. The van der Waals surface area contributed by atoms with Crippen molar-refractivity contribution in [1.82, 2.24) is 4.98 Å². The van der Waals surface area contributed by atoms with Crippen LogP contribution in [0.5, 0.6) is 0 Å². The molecular weight excluding hydrogens is 290 g/mol. The predicted molar refractivity (Wildman–Crippen MR) is 78.0 cm³/mol. The van der Waals surface area contributed by atoms with Gasteiger partial charge in [-0.1, -0.05) is 18.2 Å². The van der Waals surface area contributed by atoms with Crippen LogP contribution in [0.1, 0.15) is 17.2 Å². The van der Waals surface area contributed by atoms with E-state index >= 15 is 0 Å². The molecule has 5 nitrogen and oxygen atoms in total. The summed E-state index contributed by atoms with van der Waals surface area (Å²) in [4.78, 5) is 4.02. The van der Waals surface area contributed by atoms with Gasteiger partial charge in [0.25, 0.3) is 10.1 Å². The Morgan fingerprint density at radius 1 is 1.29 bits per heavy atom. The number of hydrogen-bond donors (Lipinski definition) is 0. The molecule has 2 aromatic rings. The van der Waals surface area contributed by atoms with Gasteiger partial charge in [-0.3, -0.25) is 9.17 Å². The lowest BCUT2D eigenvalue weighted by molar-refractivity contribution is 0.0330. The van der Waals surface area contributed by atoms with Gasteiger partial charge in [0.2, 0.25) is 0 Å². The first kappa shape index (κ1) is 14.2. The van der Waals surface area contributed by atoms with Crippen LogP contribution in [0.15, 0.2) is 42.7 Å². The highest BCUT2D eigenvalue weighted by Gasteiger charge is 2.26. The molecule has 0 bridgehead atoms. The summed E-state index contributed by atoms with van der Waals surface area (Å²) in [5.74, 6) is 0. The first-order chi connectivity index (χ1) is 10.0. The number of fused-ring (bicyclic) bond motifs is 1. The van der Waals surface area contributed by atoms with E-state index in [-0.39, 0.29) is 12.7 Å². The molecule has 0 amide bonds. The molecule has 1 aromatic heterocycles. The van der Waals surface area contributed by atoms with Crippen molar-refractivity contribution in [3.63, 3.8) is 0 Å². The van der Waals surface area contributed by atoms with Crippen molar-refractivity contribution in [3.05, 3.63) is 53.9 Å². The molecule has 1 atom stereocenters. The van der Waals surface area contributed by atoms with E-state index in [2.05, 4.69) is 4.98 Å². The van der Waals surface area contributed by atoms with Crippen LogP contribution in [0.3, 0.4) is 0 Å². The van der Waals surface area contributed by atoms with E-state index in [0.717, 1.165) is 28.5 Å². The topological polar surface area (TPSA) is 65.5 Å². The Hall–Kier alpha value is -1.76. The largest absolute Gasteiger partial charge is 0.366 e. The quantitative estimate of drug-likeness (QED) is 0.811. The van der Waals surface area contributed by atoms with Gasteiger partial charge in [0.15, 0.2) is 0 Å². The van der Waals surface area contributed by atoms with Crippen LogP contribution in [-0.2, 0) is 25.6 Å². The van der Waals surface area contributed by atoms with Gasteiger partial charge in [-0.05, 0) is 34.4 Å². The summed E-state index contributed by atoms with van der Waals surface area (Å²) in [5, 5.41) is 0. The summed E-state index contributed by atoms with van der Waals surface area (Å²) >= 11 is 0. The molecule has 1 aliphatic rings. The molecule has 0 spiro atoms. The van der Waals surface area contributed by atoms with E-state index in [9.17, 15) is 8.42 Å². The van der Waals surface area contributed by atoms with Gasteiger partial charge >= 0.3 is 0 Å². The Morgan fingerprint density at radius 3 is 2.76 bits per heavy atom. The average molecular weight is 305 g/mol. The van der Waals surface area contributed by atoms with E-state index in [1.807, 2.05) is 30.3 Å². The second-order valence-corrected chi connectivity index (χ2v) is 6.54. The Morgan fingerprint density at radius 2 is 2.05 bits per heavy atom. The van der Waals surface area contributed by atoms with Crippen LogP contribution in [0.25, 0.3) is 11.1 Å². The first-order valence-corrected chi connectivity index (χ1v) is 8.34. The van der Waals surface area contributed by atoms with Crippen molar-refractivity contribution in [2.75, 3.05) is 12.9 Å². The normalized spacial score (nSPS) is 17.7. The van der Waals surface area contributed by atoms with Crippen molar-refractivity contribution in [2.45, 2.75) is 12.7 Å². The Bertz CT molecular complexity index is 744. The summed E-state index contributed by atoms with van der Waals surface area (Å²) in [6.45, 7) is 0.456. The van der Waals surface area contributed by atoms with Gasteiger partial charge < -0.3 is 4.74 Å². The molecule has 1 unspecified atom stereocenters. The highest BCUT2D eigenvalue weighted by molar-refractivity contribution is 7.85. The van der Waals surface area contributed by atoms with E-state index < -0.39 is 10.1 Å². The van der Waals surface area contributed by atoms with E-state index in [1.54, 1.807) is 12.4 Å². The summed E-state index contributed by atoms with van der Waals surface area (Å²) in [6, 6.07) is 9.79. The maximum absolute atomic E-state index is 11.1. The Labute approximate surface area is 123 Å². The summed E-state index contributed by atoms with van der Waals surface area (Å²) < 4.78 is 32.7. The van der Waals surface area contributed by atoms with Crippen molar-refractivity contribution in [1.29, 1.82) is 0 Å². The van der Waals surface area contributed by atoms with E-state index in [1.165, 1.54) is 0 Å². The highest BCUT2D eigenvalue weighted by Crippen LogP contribution is 2.37. The number of hydrogen-bond acceptors (Lipinski definition) is 5. The summed E-state index contributed by atoms with van der Waals surface area (Å²) in [5.41, 5.74) is 4.20. The fraction of sp³-hybridized carbons (Fsp3) is 0.267. The van der Waals surface area contributed by atoms with Crippen LogP contribution in [0.4, 0.5) is 0 Å². The van der Waals surface area contributed by atoms with Gasteiger partial charge in [-0.25, -0.2) is 0 Å². The fourth-order valence-electron chi connectivity index (χ4n) is 2.47. The first-order valence-electron chi connectivity index (χ1n) is 6.53. The Kier molecular flexibility index (Phi) is 3.75. The van der Waals surface area contributed by atoms with Crippen LogP contribution < -0.4 is 0 Å². The zero-order valence-corrected chi connectivity index (χ0v) is 12.3. The highest BCUT2D eigenvalue weighted by atomic mass is 32.2. The molecule has 110 valence electrons. The lowest BCUT2D eigenvalue weighted by Gasteiger charge is -2.11.